The third-order valence-electron chi connectivity index (χ3n) is 4.16. The molecule has 0 aliphatic rings. The minimum atomic E-state index is -0.955. The van der Waals surface area contributed by atoms with Crippen LogP contribution >= 0.6 is 11.6 Å². The van der Waals surface area contributed by atoms with E-state index in [1.54, 1.807) is 56.5 Å². The molecule has 3 aromatic rings. The molecule has 5 nitrogen and oxygen atoms in total. The number of aromatic nitrogens is 1. The number of hydrogen-bond acceptors (Lipinski definition) is 3. The van der Waals surface area contributed by atoms with Crippen LogP contribution in [0, 0.1) is 6.92 Å². The van der Waals surface area contributed by atoms with Crippen molar-refractivity contribution in [2.24, 2.45) is 0 Å². The van der Waals surface area contributed by atoms with E-state index in [1.807, 2.05) is 0 Å². The summed E-state index contributed by atoms with van der Waals surface area (Å²) >= 11 is 5.89. The second kappa shape index (κ2) is 9.45. The summed E-state index contributed by atoms with van der Waals surface area (Å²) in [5.74, 6) is -0.583. The Labute approximate surface area is 182 Å². The predicted molar refractivity (Wildman–Crippen MR) is 95.7 cm³/mol. The second-order valence-electron chi connectivity index (χ2n) is 5.67. The molecule has 0 saturated carbocycles. The number of hydrogen-bond donors (Lipinski definition) is 1. The molecule has 0 bridgehead atoms. The van der Waals surface area contributed by atoms with Crippen LogP contribution in [0.3, 0.4) is 0 Å². The predicted octanol–water partition coefficient (Wildman–Crippen LogP) is 3.92. The van der Waals surface area contributed by atoms with Gasteiger partial charge in [-0.25, -0.2) is 0 Å². The van der Waals surface area contributed by atoms with E-state index in [4.69, 9.17) is 16.3 Å². The minimum absolute atomic E-state index is 0. The molecule has 0 amide bonds. The Morgan fingerprint density at radius 1 is 1.11 bits per heavy atom. The Kier molecular flexibility index (Phi) is 8.15. The van der Waals surface area contributed by atoms with Crippen molar-refractivity contribution in [2.75, 3.05) is 7.11 Å². The average molecular weight is 485 g/mol. The van der Waals surface area contributed by atoms with Gasteiger partial charge >= 0.3 is 40.1 Å². The molecule has 27 heavy (non-hydrogen) atoms. The Bertz CT molecular complexity index is 984. The molecular formula is C19H16ClCu2NO4+4. The van der Waals surface area contributed by atoms with Gasteiger partial charge in [0, 0.05) is 21.7 Å². The molecule has 0 atom stereocenters. The first kappa shape index (κ1) is 23.3. The van der Waals surface area contributed by atoms with Gasteiger partial charge in [0.1, 0.15) is 5.75 Å². The maximum Gasteiger partial charge on any atom is 2.00 e. The van der Waals surface area contributed by atoms with E-state index >= 15 is 0 Å². The van der Waals surface area contributed by atoms with Crippen molar-refractivity contribution in [3.63, 3.8) is 0 Å². The van der Waals surface area contributed by atoms with Crippen LogP contribution in [0.15, 0.2) is 42.5 Å². The van der Waals surface area contributed by atoms with Gasteiger partial charge in [-0.15, -0.1) is 0 Å². The van der Waals surface area contributed by atoms with E-state index in [0.717, 1.165) is 0 Å². The number of carbonyl (C=O) groups excluding carboxylic acids is 1. The van der Waals surface area contributed by atoms with Gasteiger partial charge < -0.3 is 9.84 Å². The number of rotatable bonds is 4. The molecule has 0 unspecified atom stereocenters. The summed E-state index contributed by atoms with van der Waals surface area (Å²) in [6.07, 6.45) is -0.170. The smallest absolute Gasteiger partial charge is 0.497 e. The summed E-state index contributed by atoms with van der Waals surface area (Å²) in [7, 11) is 1.54. The number of benzene rings is 2. The Morgan fingerprint density at radius 2 is 1.74 bits per heavy atom. The molecule has 2 aromatic carbocycles. The zero-order valence-corrected chi connectivity index (χ0v) is 17.0. The summed E-state index contributed by atoms with van der Waals surface area (Å²) < 4.78 is 6.77. The maximum atomic E-state index is 13.0. The fraction of sp³-hybridized carbons (Fsp3) is 0.158. The van der Waals surface area contributed by atoms with E-state index in [1.165, 1.54) is 4.57 Å². The SMILES string of the molecule is COc1ccc2c(c1)c(CC(=O)O)c(C)n2C(=O)c1ccc(Cl)cc1.[Cu+2].[Cu+2]. The van der Waals surface area contributed by atoms with Gasteiger partial charge in [-0.2, -0.15) is 0 Å². The molecule has 146 valence electrons. The van der Waals surface area contributed by atoms with Crippen molar-refractivity contribution < 1.29 is 53.6 Å². The topological polar surface area (TPSA) is 68.5 Å². The van der Waals surface area contributed by atoms with Crippen LogP contribution in [-0.2, 0) is 45.4 Å². The van der Waals surface area contributed by atoms with Crippen molar-refractivity contribution in [1.29, 1.82) is 0 Å². The molecule has 0 fully saturated rings. The summed E-state index contributed by atoms with van der Waals surface area (Å²) in [5, 5.41) is 10.5. The molecule has 3 rings (SSSR count). The monoisotopic (exact) mass is 483 g/mol. The maximum absolute atomic E-state index is 13.0. The third-order valence-corrected chi connectivity index (χ3v) is 4.42. The number of carboxylic acids is 1. The van der Waals surface area contributed by atoms with Gasteiger partial charge in [0.2, 0.25) is 0 Å². The van der Waals surface area contributed by atoms with Crippen molar-refractivity contribution in [3.8, 4) is 5.75 Å². The van der Waals surface area contributed by atoms with Gasteiger partial charge in [0.15, 0.2) is 0 Å². The number of carboxylic acid groups (broad SMARTS) is 1. The Balaban J connectivity index is 0.00000182. The van der Waals surface area contributed by atoms with E-state index in [9.17, 15) is 14.7 Å². The number of nitrogens with zero attached hydrogens (tertiary/aromatic N) is 1. The Hall–Kier alpha value is -1.75. The minimum Gasteiger partial charge on any atom is -0.497 e. The Morgan fingerprint density at radius 3 is 2.30 bits per heavy atom. The van der Waals surface area contributed by atoms with Crippen LogP contribution in [0.25, 0.3) is 10.9 Å². The molecule has 1 heterocycles. The fourth-order valence-electron chi connectivity index (χ4n) is 2.95. The van der Waals surface area contributed by atoms with Crippen molar-refractivity contribution >= 4 is 34.4 Å². The first-order valence-electron chi connectivity index (χ1n) is 7.62. The van der Waals surface area contributed by atoms with E-state index in [2.05, 4.69) is 0 Å². The number of ether oxygens (including phenoxy) is 1. The van der Waals surface area contributed by atoms with Crippen molar-refractivity contribution in [3.05, 3.63) is 64.3 Å². The molecule has 2 radical (unpaired) electrons. The first-order chi connectivity index (χ1) is 11.9. The average Bonchev–Trinajstić information content (AvgIpc) is 2.86. The second-order valence-corrected chi connectivity index (χ2v) is 6.10. The van der Waals surface area contributed by atoms with E-state index in [-0.39, 0.29) is 46.5 Å². The molecular weight excluding hydrogens is 469 g/mol. The molecule has 1 aromatic heterocycles. The normalized spacial score (nSPS) is 10.0. The number of halogens is 1. The van der Waals surface area contributed by atoms with Gasteiger partial charge in [-0.05, 0) is 55.0 Å². The number of aliphatic carboxylic acids is 1. The summed E-state index contributed by atoms with van der Waals surface area (Å²) in [6.45, 7) is 1.75. The molecule has 1 N–H and O–H groups in total. The van der Waals surface area contributed by atoms with Gasteiger partial charge in [-0.1, -0.05) is 11.6 Å². The number of fused-ring (bicyclic) bond motifs is 1. The standard InChI is InChI=1S/C19H16ClNO4.2Cu/c1-11-15(10-18(22)23)16-9-14(25-2)7-8-17(16)21(11)19(24)12-3-5-13(20)6-4-12;;/h3-9H,10H2,1-2H3,(H,22,23);;/q;2*+2. The number of methoxy groups -OCH3 is 1. The van der Waals surface area contributed by atoms with Crippen LogP contribution in [0.4, 0.5) is 0 Å². The first-order valence-corrected chi connectivity index (χ1v) is 8.00. The summed E-state index contributed by atoms with van der Waals surface area (Å²) in [5.41, 5.74) is 2.32. The zero-order valence-electron chi connectivity index (χ0n) is 14.3. The molecule has 0 aliphatic heterocycles. The van der Waals surface area contributed by atoms with Gasteiger partial charge in [-0.3, -0.25) is 14.2 Å². The molecule has 0 spiro atoms. The summed E-state index contributed by atoms with van der Waals surface area (Å²) in [4.78, 5) is 24.3. The van der Waals surface area contributed by atoms with Crippen molar-refractivity contribution in [2.45, 2.75) is 13.3 Å². The van der Waals surface area contributed by atoms with Crippen LogP contribution < -0.4 is 4.74 Å². The van der Waals surface area contributed by atoms with Crippen LogP contribution in [0.1, 0.15) is 21.6 Å². The van der Waals surface area contributed by atoms with Crippen molar-refractivity contribution in [1.82, 2.24) is 4.57 Å². The quantitative estimate of drug-likeness (QED) is 0.570. The molecule has 0 aliphatic carbocycles. The zero-order chi connectivity index (χ0) is 18.1. The van der Waals surface area contributed by atoms with Crippen LogP contribution in [0.2, 0.25) is 5.02 Å². The fourth-order valence-corrected chi connectivity index (χ4v) is 3.07. The summed E-state index contributed by atoms with van der Waals surface area (Å²) in [6, 6.07) is 11.9. The number of carbonyl (C=O) groups is 2. The van der Waals surface area contributed by atoms with Crippen LogP contribution in [0.5, 0.6) is 5.75 Å². The van der Waals surface area contributed by atoms with Gasteiger partial charge in [0.25, 0.3) is 5.91 Å². The van der Waals surface area contributed by atoms with E-state index < -0.39 is 5.97 Å². The molecule has 8 heteroatoms. The van der Waals surface area contributed by atoms with Crippen LogP contribution in [-0.4, -0.2) is 28.7 Å². The van der Waals surface area contributed by atoms with E-state index in [0.29, 0.717) is 38.5 Å². The third kappa shape index (κ3) is 4.57. The largest absolute Gasteiger partial charge is 2.00 e. The molecule has 0 saturated heterocycles. The van der Waals surface area contributed by atoms with Gasteiger partial charge in [0.05, 0.1) is 19.0 Å².